The van der Waals surface area contributed by atoms with E-state index in [0.29, 0.717) is 4.47 Å². The first kappa shape index (κ1) is 13.8. The molecule has 1 amide bonds. The smallest absolute Gasteiger partial charge is 0.326 e. The number of carbonyl (C=O) groups is 2. The summed E-state index contributed by atoms with van der Waals surface area (Å²) in [4.78, 5) is 24.3. The summed E-state index contributed by atoms with van der Waals surface area (Å²) in [5.74, 6) is -2.00. The van der Waals surface area contributed by atoms with Gasteiger partial charge in [-0.15, -0.1) is 0 Å². The van der Waals surface area contributed by atoms with Crippen molar-refractivity contribution in [1.29, 1.82) is 0 Å². The van der Waals surface area contributed by atoms with Crippen LogP contribution in [0, 0.1) is 0 Å². The third-order valence-electron chi connectivity index (χ3n) is 3.02. The van der Waals surface area contributed by atoms with Crippen LogP contribution in [0.1, 0.15) is 16.8 Å². The van der Waals surface area contributed by atoms with Crippen LogP contribution in [0.5, 0.6) is 5.75 Å². The number of aromatic hydroxyl groups is 1. The number of nitrogens with zero attached hydrogens (tertiary/aromatic N) is 1. The van der Waals surface area contributed by atoms with E-state index >= 15 is 0 Å². The van der Waals surface area contributed by atoms with Crippen molar-refractivity contribution in [3.63, 3.8) is 0 Å². The summed E-state index contributed by atoms with van der Waals surface area (Å²) >= 11 is 3.15. The average Bonchev–Trinajstić information content (AvgIpc) is 2.70. The molecule has 0 saturated carbocycles. The number of phenols is 1. The Labute approximate surface area is 117 Å². The number of aliphatic hydroxyl groups excluding tert-OH is 1. The number of hydrogen-bond donors (Lipinski definition) is 3. The highest BCUT2D eigenvalue weighted by Crippen LogP contribution is 2.27. The Morgan fingerprint density at radius 2 is 2.05 bits per heavy atom. The van der Waals surface area contributed by atoms with Gasteiger partial charge >= 0.3 is 5.97 Å². The maximum absolute atomic E-state index is 12.2. The maximum Gasteiger partial charge on any atom is 0.326 e. The first-order valence-electron chi connectivity index (χ1n) is 5.60. The fourth-order valence-corrected chi connectivity index (χ4v) is 2.46. The summed E-state index contributed by atoms with van der Waals surface area (Å²) in [6, 6.07) is 3.28. The minimum atomic E-state index is -1.17. The van der Waals surface area contributed by atoms with Crippen molar-refractivity contribution in [3.8, 4) is 5.75 Å². The Kier molecular flexibility index (Phi) is 3.77. The molecule has 1 aliphatic heterocycles. The Bertz CT molecular complexity index is 533. The zero-order chi connectivity index (χ0) is 14.2. The summed E-state index contributed by atoms with van der Waals surface area (Å²) in [5, 5.41) is 28.3. The second-order valence-corrected chi connectivity index (χ2v) is 5.28. The summed E-state index contributed by atoms with van der Waals surface area (Å²) < 4.78 is 0.609. The predicted octanol–water partition coefficient (Wildman–Crippen LogP) is 0.815. The number of benzene rings is 1. The van der Waals surface area contributed by atoms with E-state index in [-0.39, 0.29) is 24.3 Å². The van der Waals surface area contributed by atoms with Crippen molar-refractivity contribution in [2.45, 2.75) is 18.6 Å². The molecule has 1 aliphatic rings. The largest absolute Gasteiger partial charge is 0.507 e. The van der Waals surface area contributed by atoms with E-state index in [1.165, 1.54) is 12.1 Å². The number of rotatable bonds is 2. The number of aliphatic hydroxyl groups is 1. The van der Waals surface area contributed by atoms with Gasteiger partial charge in [0, 0.05) is 17.4 Å². The van der Waals surface area contributed by atoms with E-state index in [4.69, 9.17) is 5.11 Å². The first-order chi connectivity index (χ1) is 8.90. The molecule has 102 valence electrons. The fourth-order valence-electron chi connectivity index (χ4n) is 2.11. The van der Waals surface area contributed by atoms with E-state index in [9.17, 15) is 19.8 Å². The Hall–Kier alpha value is -1.60. The minimum Gasteiger partial charge on any atom is -0.507 e. The minimum absolute atomic E-state index is 0.00162. The third kappa shape index (κ3) is 2.71. The highest BCUT2D eigenvalue weighted by molar-refractivity contribution is 9.10. The molecular formula is C12H12BrNO5. The molecule has 1 unspecified atom stereocenters. The lowest BCUT2D eigenvalue weighted by molar-refractivity contribution is -0.141. The van der Waals surface area contributed by atoms with E-state index in [1.807, 2.05) is 0 Å². The van der Waals surface area contributed by atoms with Crippen LogP contribution >= 0.6 is 15.9 Å². The number of carbonyl (C=O) groups excluding carboxylic acids is 1. The van der Waals surface area contributed by atoms with Gasteiger partial charge in [-0.05, 0) is 18.2 Å². The molecule has 7 heteroatoms. The maximum atomic E-state index is 12.2. The molecule has 0 spiro atoms. The van der Waals surface area contributed by atoms with Crippen LogP contribution in [-0.2, 0) is 4.79 Å². The molecule has 2 atom stereocenters. The van der Waals surface area contributed by atoms with Gasteiger partial charge in [0.15, 0.2) is 0 Å². The predicted molar refractivity (Wildman–Crippen MR) is 68.9 cm³/mol. The van der Waals surface area contributed by atoms with E-state index in [2.05, 4.69) is 15.9 Å². The highest BCUT2D eigenvalue weighted by atomic mass is 79.9. The van der Waals surface area contributed by atoms with Crippen molar-refractivity contribution in [1.82, 2.24) is 4.90 Å². The number of likely N-dealkylation sites (tertiary alicyclic amines) is 1. The van der Waals surface area contributed by atoms with Gasteiger partial charge in [-0.1, -0.05) is 15.9 Å². The molecule has 0 aliphatic carbocycles. The number of carboxylic acids is 1. The normalized spacial score (nSPS) is 22.5. The standard InChI is InChI=1S/C12H12BrNO5/c13-6-1-2-8(10(16)3-6)11(17)14-5-7(15)4-9(14)12(18)19/h1-3,7,9,15-16H,4-5H2,(H,18,19)/t7?,9-/m0/s1. The SMILES string of the molecule is O=C(O)[C@@H]1CC(O)CN1C(=O)c1ccc(Br)cc1O. The van der Waals surface area contributed by atoms with Gasteiger partial charge in [0.05, 0.1) is 11.7 Å². The summed E-state index contributed by atoms with van der Waals surface area (Å²) in [7, 11) is 0. The second kappa shape index (κ2) is 5.18. The molecule has 1 saturated heterocycles. The van der Waals surface area contributed by atoms with Crippen molar-refractivity contribution in [2.75, 3.05) is 6.54 Å². The molecule has 0 aromatic heterocycles. The molecule has 1 aromatic carbocycles. The number of β-amino-alcohol motifs (C(OH)–C–C–N with tert-alkyl or cyclic N) is 1. The van der Waals surface area contributed by atoms with Crippen LogP contribution in [0.4, 0.5) is 0 Å². The van der Waals surface area contributed by atoms with Crippen molar-refractivity contribution >= 4 is 27.8 Å². The second-order valence-electron chi connectivity index (χ2n) is 4.36. The van der Waals surface area contributed by atoms with Crippen molar-refractivity contribution < 1.29 is 24.9 Å². The van der Waals surface area contributed by atoms with Crippen LogP contribution in [0.2, 0.25) is 0 Å². The van der Waals surface area contributed by atoms with Gasteiger partial charge in [0.2, 0.25) is 0 Å². The molecule has 3 N–H and O–H groups in total. The molecule has 1 fully saturated rings. The molecule has 0 bridgehead atoms. The lowest BCUT2D eigenvalue weighted by Crippen LogP contribution is -2.40. The molecular weight excluding hydrogens is 318 g/mol. The quantitative estimate of drug-likeness (QED) is 0.746. The molecule has 0 radical (unpaired) electrons. The number of hydrogen-bond acceptors (Lipinski definition) is 4. The summed E-state index contributed by atoms with van der Waals surface area (Å²) in [6.07, 6.45) is -0.860. The highest BCUT2D eigenvalue weighted by Gasteiger charge is 2.39. The average molecular weight is 330 g/mol. The molecule has 1 aromatic rings. The van der Waals surface area contributed by atoms with Gasteiger partial charge in [-0.3, -0.25) is 4.79 Å². The molecule has 1 heterocycles. The zero-order valence-electron chi connectivity index (χ0n) is 9.78. The number of aliphatic carboxylic acids is 1. The van der Waals surface area contributed by atoms with Gasteiger partial charge in [-0.2, -0.15) is 0 Å². The van der Waals surface area contributed by atoms with Crippen LogP contribution < -0.4 is 0 Å². The van der Waals surface area contributed by atoms with Crippen LogP contribution in [0.25, 0.3) is 0 Å². The van der Waals surface area contributed by atoms with Crippen LogP contribution in [0.15, 0.2) is 22.7 Å². The van der Waals surface area contributed by atoms with Crippen LogP contribution in [0.3, 0.4) is 0 Å². The molecule has 2 rings (SSSR count). The van der Waals surface area contributed by atoms with Gasteiger partial charge in [-0.25, -0.2) is 4.79 Å². The van der Waals surface area contributed by atoms with Crippen molar-refractivity contribution in [3.05, 3.63) is 28.2 Å². The summed E-state index contributed by atoms with van der Waals surface area (Å²) in [5.41, 5.74) is 0.0172. The fraction of sp³-hybridized carbons (Fsp3) is 0.333. The van der Waals surface area contributed by atoms with Crippen LogP contribution in [-0.4, -0.2) is 50.8 Å². The number of amides is 1. The lowest BCUT2D eigenvalue weighted by Gasteiger charge is -2.21. The van der Waals surface area contributed by atoms with E-state index in [0.717, 1.165) is 4.90 Å². The Morgan fingerprint density at radius 3 is 2.63 bits per heavy atom. The van der Waals surface area contributed by atoms with Gasteiger partial charge in [0.1, 0.15) is 11.8 Å². The third-order valence-corrected chi connectivity index (χ3v) is 3.51. The van der Waals surface area contributed by atoms with Gasteiger partial charge < -0.3 is 20.2 Å². The topological polar surface area (TPSA) is 98.1 Å². The lowest BCUT2D eigenvalue weighted by atomic mass is 10.1. The Balaban J connectivity index is 2.30. The number of phenolic OH excluding ortho intramolecular Hbond substituents is 1. The summed E-state index contributed by atoms with van der Waals surface area (Å²) in [6.45, 7) is -0.0503. The van der Waals surface area contributed by atoms with Gasteiger partial charge in [0.25, 0.3) is 5.91 Å². The first-order valence-corrected chi connectivity index (χ1v) is 6.40. The molecule has 6 nitrogen and oxygen atoms in total. The Morgan fingerprint density at radius 1 is 1.37 bits per heavy atom. The zero-order valence-corrected chi connectivity index (χ0v) is 11.4. The van der Waals surface area contributed by atoms with E-state index in [1.54, 1.807) is 6.07 Å². The number of carboxylic acid groups (broad SMARTS) is 1. The monoisotopic (exact) mass is 329 g/mol. The van der Waals surface area contributed by atoms with E-state index < -0.39 is 24.0 Å². The van der Waals surface area contributed by atoms with Crippen molar-refractivity contribution in [2.24, 2.45) is 0 Å². The molecule has 19 heavy (non-hydrogen) atoms. The number of halogens is 1.